The molecule has 4 aromatic rings. The van der Waals surface area contributed by atoms with E-state index in [1.165, 1.54) is 0 Å². The number of carbonyl (C=O) groups excluding carboxylic acids is 5. The van der Waals surface area contributed by atoms with Crippen LogP contribution >= 0.6 is 11.3 Å². The van der Waals surface area contributed by atoms with Crippen LogP contribution in [0, 0.1) is 12.8 Å². The zero-order valence-corrected chi connectivity index (χ0v) is 35.2. The maximum Gasteiger partial charge on any atom is 0.274 e. The highest BCUT2D eigenvalue weighted by Crippen LogP contribution is 2.41. The number of hydrogen-bond donors (Lipinski definition) is 3. The quantitative estimate of drug-likeness (QED) is 0.0836. The number of aliphatic hydroxyl groups is 1. The molecule has 0 spiro atoms. The number of carbonyl (C=O) groups is 5. The summed E-state index contributed by atoms with van der Waals surface area (Å²) in [5, 5.41) is 17.4. The highest BCUT2D eigenvalue weighted by molar-refractivity contribution is 7.18. The number of aromatic nitrogens is 2. The summed E-state index contributed by atoms with van der Waals surface area (Å²) in [6, 6.07) is 13.5. The van der Waals surface area contributed by atoms with E-state index in [2.05, 4.69) is 27.6 Å². The van der Waals surface area contributed by atoms with Gasteiger partial charge in [0.1, 0.15) is 11.7 Å². The lowest BCUT2D eigenvalue weighted by molar-refractivity contribution is -0.136. The molecule has 14 heteroatoms. The summed E-state index contributed by atoms with van der Waals surface area (Å²) in [5.41, 5.74) is 3.41. The van der Waals surface area contributed by atoms with Crippen LogP contribution in [0.5, 0.6) is 0 Å². The average molecular weight is 823 g/mol. The molecule has 59 heavy (non-hydrogen) atoms. The Kier molecular flexibility index (Phi) is 13.0. The van der Waals surface area contributed by atoms with E-state index in [9.17, 15) is 29.1 Å². The van der Waals surface area contributed by atoms with Crippen LogP contribution in [0.15, 0.2) is 48.5 Å². The van der Waals surface area contributed by atoms with Crippen LogP contribution in [0.25, 0.3) is 10.2 Å². The maximum absolute atomic E-state index is 13.3. The molecule has 2 aromatic carbocycles. The Labute approximate surface area is 348 Å². The van der Waals surface area contributed by atoms with E-state index >= 15 is 0 Å². The molecule has 5 amide bonds. The van der Waals surface area contributed by atoms with E-state index in [0.717, 1.165) is 89.4 Å². The molecule has 2 aliphatic heterocycles. The molecule has 1 saturated carbocycles. The van der Waals surface area contributed by atoms with Crippen molar-refractivity contribution < 1.29 is 33.8 Å². The number of imide groups is 2. The van der Waals surface area contributed by atoms with Crippen molar-refractivity contribution in [2.24, 2.45) is 5.92 Å². The zero-order valence-electron chi connectivity index (χ0n) is 34.3. The lowest BCUT2D eigenvalue weighted by atomic mass is 9.82. The van der Waals surface area contributed by atoms with E-state index in [0.29, 0.717) is 59.5 Å². The second-order valence-corrected chi connectivity index (χ2v) is 17.8. The first-order chi connectivity index (χ1) is 28.3. The van der Waals surface area contributed by atoms with Crippen molar-refractivity contribution in [3.05, 3.63) is 87.2 Å². The van der Waals surface area contributed by atoms with Crippen molar-refractivity contribution in [2.75, 3.05) is 38.7 Å². The second kappa shape index (κ2) is 18.2. The monoisotopic (exact) mass is 822 g/mol. The van der Waals surface area contributed by atoms with Crippen LogP contribution < -0.4 is 10.6 Å². The minimum atomic E-state index is -1.18. The van der Waals surface area contributed by atoms with Crippen molar-refractivity contribution in [1.29, 1.82) is 0 Å². The SMILES string of the molecule is Cc1cccc(C(=O)Nc2cc3sc(C4CCC(CN(C)CCCOCCCCc5cccc6c5C(=O)N(C5CCC(=O)NC5=O)C6=O)CC4)nc3cc2C(C)(C)O)n1. The van der Waals surface area contributed by atoms with E-state index in [1.54, 1.807) is 49.4 Å². The largest absolute Gasteiger partial charge is 0.386 e. The fourth-order valence-electron chi connectivity index (χ4n) is 8.61. The van der Waals surface area contributed by atoms with Gasteiger partial charge < -0.3 is 20.1 Å². The standard InChI is InChI=1S/C45H54N6O7S/c1-27-10-7-14-33(46-27)40(53)47-34-25-37-35(24-32(34)45(2,3)57)48-42(59-37)30-17-15-28(16-18-30)26-50(4)21-9-23-58-22-6-5-11-29-12-8-13-31-39(29)44(56)51(43(31)55)36-19-20-38(52)49-41(36)54/h7-8,10,12-14,24-25,28,30,36,57H,5-6,9,11,15-23,26H2,1-4H3,(H,47,53)(H,49,52,54). The van der Waals surface area contributed by atoms with Gasteiger partial charge in [-0.05, 0) is 127 Å². The minimum Gasteiger partial charge on any atom is -0.386 e. The smallest absolute Gasteiger partial charge is 0.274 e. The number of hydrogen-bond acceptors (Lipinski definition) is 11. The average Bonchev–Trinajstić information content (AvgIpc) is 3.73. The minimum absolute atomic E-state index is 0.0935. The van der Waals surface area contributed by atoms with Gasteiger partial charge in [0.05, 0.1) is 32.0 Å². The lowest BCUT2D eigenvalue weighted by Crippen LogP contribution is -2.54. The Morgan fingerprint density at radius 1 is 0.983 bits per heavy atom. The number of fused-ring (bicyclic) bond motifs is 2. The third-order valence-electron chi connectivity index (χ3n) is 11.7. The Bertz CT molecular complexity index is 2240. The first-order valence-electron chi connectivity index (χ1n) is 20.8. The van der Waals surface area contributed by atoms with Gasteiger partial charge in [-0.1, -0.05) is 18.2 Å². The van der Waals surface area contributed by atoms with Crippen LogP contribution in [0.3, 0.4) is 0 Å². The number of unbranched alkanes of at least 4 members (excludes halogenated alkanes) is 1. The third kappa shape index (κ3) is 9.78. The van der Waals surface area contributed by atoms with Crippen molar-refractivity contribution in [3.63, 3.8) is 0 Å². The molecule has 4 heterocycles. The summed E-state index contributed by atoms with van der Waals surface area (Å²) in [7, 11) is 2.18. The molecule has 3 aliphatic rings. The highest BCUT2D eigenvalue weighted by atomic mass is 32.1. The number of benzene rings is 2. The van der Waals surface area contributed by atoms with E-state index in [-0.39, 0.29) is 18.7 Å². The summed E-state index contributed by atoms with van der Waals surface area (Å²) in [6.45, 7) is 8.57. The summed E-state index contributed by atoms with van der Waals surface area (Å²) in [6.07, 6.45) is 7.84. The summed E-state index contributed by atoms with van der Waals surface area (Å²) >= 11 is 1.67. The third-order valence-corrected chi connectivity index (χ3v) is 12.9. The maximum atomic E-state index is 13.3. The predicted octanol–water partition coefficient (Wildman–Crippen LogP) is 6.52. The van der Waals surface area contributed by atoms with Gasteiger partial charge in [-0.3, -0.25) is 34.2 Å². The van der Waals surface area contributed by atoms with Crippen molar-refractivity contribution in [2.45, 2.75) is 103 Å². The van der Waals surface area contributed by atoms with Gasteiger partial charge in [0.15, 0.2) is 0 Å². The van der Waals surface area contributed by atoms with E-state index in [4.69, 9.17) is 9.72 Å². The number of piperidine rings is 1. The van der Waals surface area contributed by atoms with Gasteiger partial charge in [-0.2, -0.15) is 0 Å². The van der Waals surface area contributed by atoms with Crippen LogP contribution in [-0.2, 0) is 26.3 Å². The topological polar surface area (TPSA) is 171 Å². The Hall–Kier alpha value is -4.89. The van der Waals surface area contributed by atoms with Crippen molar-refractivity contribution in [3.8, 4) is 0 Å². The lowest BCUT2D eigenvalue weighted by Gasteiger charge is -2.30. The highest BCUT2D eigenvalue weighted by Gasteiger charge is 2.45. The van der Waals surface area contributed by atoms with Crippen molar-refractivity contribution in [1.82, 2.24) is 25.1 Å². The van der Waals surface area contributed by atoms with Crippen LogP contribution in [0.2, 0.25) is 0 Å². The summed E-state index contributed by atoms with van der Waals surface area (Å²) in [5.74, 6) is -1.24. The molecule has 1 unspecified atom stereocenters. The molecule has 2 aromatic heterocycles. The normalized spacial score (nSPS) is 19.8. The molecule has 0 bridgehead atoms. The summed E-state index contributed by atoms with van der Waals surface area (Å²) in [4.78, 5) is 76.4. The van der Waals surface area contributed by atoms with Gasteiger partial charge in [0.2, 0.25) is 11.8 Å². The number of anilines is 1. The first-order valence-corrected chi connectivity index (χ1v) is 21.6. The molecule has 312 valence electrons. The molecule has 2 fully saturated rings. The molecular formula is C45H54N6O7S. The first kappa shape index (κ1) is 42.2. The number of ether oxygens (including phenoxy) is 1. The fraction of sp³-hybridized carbons (Fsp3) is 0.489. The van der Waals surface area contributed by atoms with E-state index < -0.39 is 35.3 Å². The molecular weight excluding hydrogens is 769 g/mol. The number of thiazole rings is 1. The molecule has 1 saturated heterocycles. The molecule has 3 N–H and O–H groups in total. The van der Waals surface area contributed by atoms with Crippen LogP contribution in [0.4, 0.5) is 5.69 Å². The van der Waals surface area contributed by atoms with Gasteiger partial charge >= 0.3 is 0 Å². The molecule has 0 radical (unpaired) electrons. The van der Waals surface area contributed by atoms with Crippen molar-refractivity contribution >= 4 is 56.8 Å². The zero-order chi connectivity index (χ0) is 41.8. The number of rotatable bonds is 16. The second-order valence-electron chi connectivity index (χ2n) is 16.8. The number of pyridine rings is 1. The predicted molar refractivity (Wildman–Crippen MR) is 225 cm³/mol. The number of nitrogens with zero attached hydrogens (tertiary/aromatic N) is 4. The van der Waals surface area contributed by atoms with Crippen LogP contribution in [0.1, 0.15) is 131 Å². The van der Waals surface area contributed by atoms with E-state index in [1.807, 2.05) is 31.2 Å². The Balaban J connectivity index is 0.814. The Morgan fingerprint density at radius 2 is 1.75 bits per heavy atom. The number of aryl methyl sites for hydroxylation is 2. The van der Waals surface area contributed by atoms with Gasteiger partial charge in [-0.25, -0.2) is 9.97 Å². The van der Waals surface area contributed by atoms with Gasteiger partial charge in [0.25, 0.3) is 17.7 Å². The number of nitrogens with one attached hydrogen (secondary N) is 2. The molecule has 1 atom stereocenters. The molecule has 7 rings (SSSR count). The Morgan fingerprint density at radius 3 is 2.49 bits per heavy atom. The molecule has 1 aliphatic carbocycles. The molecule has 13 nitrogen and oxygen atoms in total. The number of amides is 5. The van der Waals surface area contributed by atoms with Gasteiger partial charge in [0, 0.05) is 55.6 Å². The fourth-order valence-corrected chi connectivity index (χ4v) is 9.76. The van der Waals surface area contributed by atoms with Crippen LogP contribution in [-0.4, -0.2) is 93.8 Å². The van der Waals surface area contributed by atoms with Gasteiger partial charge in [-0.15, -0.1) is 11.3 Å². The summed E-state index contributed by atoms with van der Waals surface area (Å²) < 4.78 is 6.94.